The second-order valence-corrected chi connectivity index (χ2v) is 12.2. The average molecular weight is 427 g/mol. The highest BCUT2D eigenvalue weighted by Gasteiger charge is 2.58. The molecule has 0 bridgehead atoms. The first kappa shape index (κ1) is 22.7. The first-order valence-electron chi connectivity index (χ1n) is 10.8. The molecule has 0 aromatic heterocycles. The van der Waals surface area contributed by atoms with Crippen molar-refractivity contribution in [3.63, 3.8) is 0 Å². The van der Waals surface area contributed by atoms with Crippen LogP contribution in [0.4, 0.5) is 0 Å². The van der Waals surface area contributed by atoms with Crippen molar-refractivity contribution in [2.75, 3.05) is 0 Å². The molecule has 0 aliphatic heterocycles. The van der Waals surface area contributed by atoms with Crippen LogP contribution >= 0.6 is 0 Å². The van der Waals surface area contributed by atoms with E-state index in [9.17, 15) is 15.0 Å². The van der Waals surface area contributed by atoms with Crippen molar-refractivity contribution in [3.8, 4) is 0 Å². The van der Waals surface area contributed by atoms with Gasteiger partial charge in [-0.1, -0.05) is 95.3 Å². The lowest BCUT2D eigenvalue weighted by molar-refractivity contribution is -0.186. The Bertz CT molecular complexity index is 809. The van der Waals surface area contributed by atoms with E-state index < -0.39 is 32.6 Å². The molecule has 162 valence electrons. The van der Waals surface area contributed by atoms with E-state index in [1.54, 1.807) is 0 Å². The molecule has 2 N–H and O–H groups in total. The lowest BCUT2D eigenvalue weighted by atomic mass is 9.58. The molecule has 1 aliphatic carbocycles. The summed E-state index contributed by atoms with van der Waals surface area (Å²) in [4.78, 5) is 12.8. The number of hydrogen-bond acceptors (Lipinski definition) is 3. The van der Waals surface area contributed by atoms with E-state index in [0.717, 1.165) is 10.4 Å². The van der Waals surface area contributed by atoms with Crippen molar-refractivity contribution in [1.29, 1.82) is 0 Å². The molecule has 4 nitrogen and oxygen atoms in total. The molecular formula is C25H34O4Si. The molecule has 5 heteroatoms. The summed E-state index contributed by atoms with van der Waals surface area (Å²) in [5.41, 5.74) is -1.56. The highest BCUT2D eigenvalue weighted by molar-refractivity contribution is 6.80. The number of aliphatic carboxylic acids is 1. The van der Waals surface area contributed by atoms with E-state index in [2.05, 4.69) is 20.8 Å². The van der Waals surface area contributed by atoms with Crippen molar-refractivity contribution in [2.45, 2.75) is 52.7 Å². The maximum Gasteiger partial charge on any atom is 0.335 e. The number of rotatable bonds is 5. The predicted molar refractivity (Wildman–Crippen MR) is 123 cm³/mol. The van der Waals surface area contributed by atoms with Crippen molar-refractivity contribution >= 4 is 25.4 Å². The topological polar surface area (TPSA) is 66.8 Å². The van der Waals surface area contributed by atoms with E-state index in [1.165, 1.54) is 0 Å². The van der Waals surface area contributed by atoms with Crippen LogP contribution in [-0.4, -0.2) is 36.9 Å². The molecule has 0 spiro atoms. The third-order valence-electron chi connectivity index (χ3n) is 6.95. The van der Waals surface area contributed by atoms with E-state index in [0.29, 0.717) is 6.42 Å². The number of hydrogen-bond donors (Lipinski definition) is 2. The van der Waals surface area contributed by atoms with Gasteiger partial charge >= 0.3 is 5.97 Å². The Morgan fingerprint density at radius 3 is 1.87 bits per heavy atom. The molecule has 2 aromatic rings. The number of carboxylic acids is 1. The summed E-state index contributed by atoms with van der Waals surface area (Å²) in [6, 6.07) is 19.9. The fourth-order valence-corrected chi connectivity index (χ4v) is 7.68. The second kappa shape index (κ2) is 8.65. The summed E-state index contributed by atoms with van der Waals surface area (Å²) in [6.07, 6.45) is -0.339. The highest BCUT2D eigenvalue weighted by Crippen LogP contribution is 2.49. The molecule has 0 heterocycles. The molecule has 0 radical (unpaired) electrons. The summed E-state index contributed by atoms with van der Waals surface area (Å²) in [7, 11) is -2.31. The van der Waals surface area contributed by atoms with Crippen molar-refractivity contribution in [1.82, 2.24) is 0 Å². The van der Waals surface area contributed by atoms with E-state index in [1.807, 2.05) is 74.5 Å². The summed E-state index contributed by atoms with van der Waals surface area (Å²) in [6.45, 7) is 10.2. The second-order valence-electron chi connectivity index (χ2n) is 9.83. The van der Waals surface area contributed by atoms with Gasteiger partial charge in [0.1, 0.15) is 0 Å². The fraction of sp³-hybridized carbons (Fsp3) is 0.480. The van der Waals surface area contributed by atoms with Gasteiger partial charge in [0.05, 0.1) is 6.10 Å². The maximum atomic E-state index is 12.8. The molecular weight excluding hydrogens is 392 g/mol. The Morgan fingerprint density at radius 2 is 1.47 bits per heavy atom. The largest absolute Gasteiger partial charge is 0.479 e. The van der Waals surface area contributed by atoms with Crippen LogP contribution in [0, 0.1) is 23.2 Å². The quantitative estimate of drug-likeness (QED) is 0.721. The Hall–Kier alpha value is -1.95. The van der Waals surface area contributed by atoms with E-state index >= 15 is 0 Å². The van der Waals surface area contributed by atoms with Crippen LogP contribution < -0.4 is 10.4 Å². The van der Waals surface area contributed by atoms with Crippen LogP contribution in [0.3, 0.4) is 0 Å². The first-order valence-corrected chi connectivity index (χ1v) is 12.4. The van der Waals surface area contributed by atoms with Crippen molar-refractivity contribution in [2.24, 2.45) is 23.2 Å². The number of aliphatic hydroxyl groups excluding tert-OH is 1. The Labute approximate surface area is 181 Å². The standard InChI is InChI=1S/C25H34O4Si/c1-17-21(24(3,4)5)16-25(23(27)28,18(2)22(17)26)29-30(19-12-8-6-9-13-19)20-14-10-7-11-15-20/h6-15,17-18,21-22,26,30H,16H2,1-5H3,(H,27,28)/t17-,18?,21-,22+,25-/m1/s1. The van der Waals surface area contributed by atoms with Crippen LogP contribution in [0.1, 0.15) is 41.0 Å². The lowest BCUT2D eigenvalue weighted by Crippen LogP contribution is -2.64. The van der Waals surface area contributed by atoms with Crippen LogP contribution in [0.2, 0.25) is 0 Å². The van der Waals surface area contributed by atoms with Gasteiger partial charge < -0.3 is 14.6 Å². The van der Waals surface area contributed by atoms with Gasteiger partial charge in [0.2, 0.25) is 9.04 Å². The molecule has 1 aliphatic rings. The fourth-order valence-electron chi connectivity index (χ4n) is 5.04. The Morgan fingerprint density at radius 1 is 1.00 bits per heavy atom. The van der Waals surface area contributed by atoms with Crippen LogP contribution in [0.15, 0.2) is 60.7 Å². The van der Waals surface area contributed by atoms with Gasteiger partial charge in [0.25, 0.3) is 0 Å². The third kappa shape index (κ3) is 4.24. The minimum Gasteiger partial charge on any atom is -0.479 e. The summed E-state index contributed by atoms with van der Waals surface area (Å²) < 4.78 is 6.75. The summed E-state index contributed by atoms with van der Waals surface area (Å²) in [5.74, 6) is -1.45. The molecule has 0 saturated heterocycles. The zero-order valence-electron chi connectivity index (χ0n) is 18.6. The number of carbonyl (C=O) groups is 1. The molecule has 5 atom stereocenters. The average Bonchev–Trinajstić information content (AvgIpc) is 2.72. The normalized spacial score (nSPS) is 29.7. The van der Waals surface area contributed by atoms with Gasteiger partial charge in [-0.25, -0.2) is 4.79 Å². The molecule has 1 saturated carbocycles. The van der Waals surface area contributed by atoms with Crippen molar-refractivity contribution < 1.29 is 19.4 Å². The molecule has 3 rings (SSSR count). The van der Waals surface area contributed by atoms with Crippen LogP contribution in [0.5, 0.6) is 0 Å². The van der Waals surface area contributed by atoms with Crippen LogP contribution in [0.25, 0.3) is 0 Å². The SMILES string of the molecule is CC1[C@@H](O)[C@H](C)[C@H](C(C)(C)C)C[C@]1(O[SiH](c1ccccc1)c1ccccc1)C(=O)O. The van der Waals surface area contributed by atoms with Gasteiger partial charge in [-0.15, -0.1) is 0 Å². The molecule has 1 unspecified atom stereocenters. The van der Waals surface area contributed by atoms with E-state index in [4.69, 9.17) is 4.43 Å². The maximum absolute atomic E-state index is 12.8. The summed E-state index contributed by atoms with van der Waals surface area (Å²) >= 11 is 0. The predicted octanol–water partition coefficient (Wildman–Crippen LogP) is 3.06. The molecule has 30 heavy (non-hydrogen) atoms. The third-order valence-corrected chi connectivity index (χ3v) is 9.59. The number of carboxylic acid groups (broad SMARTS) is 1. The smallest absolute Gasteiger partial charge is 0.335 e. The minimum atomic E-state index is -2.31. The zero-order chi connectivity index (χ0) is 22.1. The van der Waals surface area contributed by atoms with Gasteiger partial charge in [0.15, 0.2) is 5.60 Å². The minimum absolute atomic E-state index is 0.00430. The molecule has 2 aromatic carbocycles. The Balaban J connectivity index is 2.10. The first-order chi connectivity index (χ1) is 14.1. The molecule has 1 fully saturated rings. The lowest BCUT2D eigenvalue weighted by Gasteiger charge is -2.53. The monoisotopic (exact) mass is 426 g/mol. The van der Waals surface area contributed by atoms with Gasteiger partial charge in [0, 0.05) is 5.92 Å². The highest BCUT2D eigenvalue weighted by atomic mass is 28.3. The number of aliphatic hydroxyl groups is 1. The Kier molecular flexibility index (Phi) is 6.56. The van der Waals surface area contributed by atoms with Gasteiger partial charge in [-0.2, -0.15) is 0 Å². The number of benzene rings is 2. The van der Waals surface area contributed by atoms with Gasteiger partial charge in [-0.3, -0.25) is 0 Å². The molecule has 0 amide bonds. The zero-order valence-corrected chi connectivity index (χ0v) is 19.7. The van der Waals surface area contributed by atoms with E-state index in [-0.39, 0.29) is 17.3 Å². The van der Waals surface area contributed by atoms with Crippen LogP contribution in [-0.2, 0) is 9.22 Å². The summed E-state index contributed by atoms with van der Waals surface area (Å²) in [5, 5.41) is 23.6. The van der Waals surface area contributed by atoms with Crippen molar-refractivity contribution in [3.05, 3.63) is 60.7 Å². The van der Waals surface area contributed by atoms with Gasteiger partial charge in [-0.05, 0) is 34.0 Å².